The van der Waals surface area contributed by atoms with Gasteiger partial charge in [0.15, 0.2) is 5.58 Å². The fourth-order valence-corrected chi connectivity index (χ4v) is 3.96. The van der Waals surface area contributed by atoms with Gasteiger partial charge in [-0.25, -0.2) is 4.98 Å². The van der Waals surface area contributed by atoms with Gasteiger partial charge in [0.25, 0.3) is 5.91 Å². The first-order valence-corrected chi connectivity index (χ1v) is 10.2. The third-order valence-corrected chi connectivity index (χ3v) is 5.57. The van der Waals surface area contributed by atoms with Gasteiger partial charge in [0, 0.05) is 35.4 Å². The van der Waals surface area contributed by atoms with Crippen molar-refractivity contribution in [3.63, 3.8) is 0 Å². The molecule has 5 rings (SSSR count). The van der Waals surface area contributed by atoms with E-state index in [0.717, 1.165) is 27.2 Å². The Kier molecular flexibility index (Phi) is 4.78. The fraction of sp³-hybridized carbons (Fsp3) is 0.0435. The van der Waals surface area contributed by atoms with E-state index in [1.54, 1.807) is 41.9 Å². The third-order valence-electron chi connectivity index (χ3n) is 4.68. The van der Waals surface area contributed by atoms with Gasteiger partial charge in [-0.15, -0.1) is 11.3 Å². The van der Waals surface area contributed by atoms with Crippen LogP contribution in [-0.2, 0) is 6.54 Å². The zero-order chi connectivity index (χ0) is 20.3. The maximum atomic E-state index is 12.6. The molecule has 30 heavy (non-hydrogen) atoms. The standard InChI is InChI=1S/C23H16N4O2S/c28-22(25-13-15-5-4-10-24-12-15)17-8-9-20-18(11-17)21(27-29-20)19-14-30-23(26-19)16-6-2-1-3-7-16/h1-12,14H,13H2,(H,25,28). The largest absolute Gasteiger partial charge is 0.356 e. The molecule has 0 unspecified atom stereocenters. The first-order chi connectivity index (χ1) is 14.8. The molecule has 0 aliphatic rings. The zero-order valence-corrected chi connectivity index (χ0v) is 16.6. The van der Waals surface area contributed by atoms with Crippen molar-refractivity contribution in [2.24, 2.45) is 0 Å². The zero-order valence-electron chi connectivity index (χ0n) is 15.8. The molecule has 3 aromatic heterocycles. The third kappa shape index (κ3) is 3.58. The van der Waals surface area contributed by atoms with E-state index in [9.17, 15) is 4.79 Å². The summed E-state index contributed by atoms with van der Waals surface area (Å²) in [6.45, 7) is 0.410. The van der Waals surface area contributed by atoms with E-state index in [1.807, 2.05) is 47.8 Å². The lowest BCUT2D eigenvalue weighted by Gasteiger charge is -2.05. The van der Waals surface area contributed by atoms with Crippen molar-refractivity contribution >= 4 is 28.2 Å². The van der Waals surface area contributed by atoms with Crippen LogP contribution < -0.4 is 5.32 Å². The number of fused-ring (bicyclic) bond motifs is 1. The van der Waals surface area contributed by atoms with Gasteiger partial charge >= 0.3 is 0 Å². The molecule has 1 amide bonds. The number of thiazole rings is 1. The summed E-state index contributed by atoms with van der Waals surface area (Å²) in [6, 6.07) is 19.0. The molecule has 0 fully saturated rings. The number of amides is 1. The minimum absolute atomic E-state index is 0.170. The SMILES string of the molecule is O=C(NCc1cccnc1)c1ccc2onc(-c3csc(-c4ccccc4)n3)c2c1. The quantitative estimate of drug-likeness (QED) is 0.442. The molecule has 6 nitrogen and oxygen atoms in total. The number of nitrogens with zero attached hydrogens (tertiary/aromatic N) is 3. The molecule has 0 radical (unpaired) electrons. The maximum absolute atomic E-state index is 12.6. The van der Waals surface area contributed by atoms with Gasteiger partial charge < -0.3 is 9.84 Å². The summed E-state index contributed by atoms with van der Waals surface area (Å²) >= 11 is 1.55. The fourth-order valence-electron chi connectivity index (χ4n) is 3.15. The normalized spacial score (nSPS) is 10.9. The second kappa shape index (κ2) is 7.88. The predicted molar refractivity (Wildman–Crippen MR) is 116 cm³/mol. The van der Waals surface area contributed by atoms with E-state index in [-0.39, 0.29) is 5.91 Å². The number of benzene rings is 2. The van der Waals surface area contributed by atoms with Crippen molar-refractivity contribution < 1.29 is 9.32 Å². The molecule has 0 saturated carbocycles. The van der Waals surface area contributed by atoms with Crippen LogP contribution in [0.1, 0.15) is 15.9 Å². The van der Waals surface area contributed by atoms with Crippen LogP contribution in [0.25, 0.3) is 32.9 Å². The molecule has 0 bridgehead atoms. The van der Waals surface area contributed by atoms with E-state index >= 15 is 0 Å². The Hall–Kier alpha value is -3.84. The Bertz CT molecular complexity index is 1310. The molecule has 2 aromatic carbocycles. The average molecular weight is 412 g/mol. The molecular weight excluding hydrogens is 396 g/mol. The predicted octanol–water partition coefficient (Wildman–Crippen LogP) is 4.94. The van der Waals surface area contributed by atoms with Crippen LogP contribution in [0.2, 0.25) is 0 Å². The highest BCUT2D eigenvalue weighted by Gasteiger charge is 2.16. The lowest BCUT2D eigenvalue weighted by atomic mass is 10.1. The molecule has 0 saturated heterocycles. The summed E-state index contributed by atoms with van der Waals surface area (Å²) in [6.07, 6.45) is 3.43. The van der Waals surface area contributed by atoms with Gasteiger partial charge in [-0.3, -0.25) is 9.78 Å². The first-order valence-electron chi connectivity index (χ1n) is 9.36. The van der Waals surface area contributed by atoms with Crippen molar-refractivity contribution in [3.8, 4) is 22.0 Å². The van der Waals surface area contributed by atoms with E-state index < -0.39 is 0 Å². The van der Waals surface area contributed by atoms with Crippen LogP contribution in [0.15, 0.2) is 83.0 Å². The average Bonchev–Trinajstić information content (AvgIpc) is 3.45. The Balaban J connectivity index is 1.42. The topological polar surface area (TPSA) is 80.9 Å². The van der Waals surface area contributed by atoms with E-state index in [4.69, 9.17) is 9.51 Å². The molecule has 0 aliphatic heterocycles. The molecular formula is C23H16N4O2S. The van der Waals surface area contributed by atoms with Gasteiger partial charge in [-0.05, 0) is 29.8 Å². The number of carbonyl (C=O) groups is 1. The van der Waals surface area contributed by atoms with Crippen molar-refractivity contribution in [2.75, 3.05) is 0 Å². The molecule has 1 N–H and O–H groups in total. The van der Waals surface area contributed by atoms with Gasteiger partial charge in [0.2, 0.25) is 0 Å². The number of nitrogens with one attached hydrogen (secondary N) is 1. The molecule has 0 spiro atoms. The number of aromatic nitrogens is 3. The summed E-state index contributed by atoms with van der Waals surface area (Å²) < 4.78 is 5.46. The lowest BCUT2D eigenvalue weighted by Crippen LogP contribution is -2.22. The Morgan fingerprint density at radius 3 is 2.80 bits per heavy atom. The minimum atomic E-state index is -0.170. The summed E-state index contributed by atoms with van der Waals surface area (Å²) in [7, 11) is 0. The number of hydrogen-bond acceptors (Lipinski definition) is 6. The van der Waals surface area contributed by atoms with Crippen LogP contribution in [0, 0.1) is 0 Å². The molecule has 3 heterocycles. The molecule has 5 aromatic rings. The molecule has 0 aliphatic carbocycles. The van der Waals surface area contributed by atoms with E-state index in [2.05, 4.69) is 15.5 Å². The Labute approximate surface area is 176 Å². The molecule has 146 valence electrons. The van der Waals surface area contributed by atoms with Gasteiger partial charge in [-0.2, -0.15) is 0 Å². The van der Waals surface area contributed by atoms with Gasteiger partial charge in [0.05, 0.1) is 5.39 Å². The van der Waals surface area contributed by atoms with Crippen molar-refractivity contribution in [2.45, 2.75) is 6.54 Å². The Morgan fingerprint density at radius 2 is 1.97 bits per heavy atom. The number of pyridine rings is 1. The summed E-state index contributed by atoms with van der Waals surface area (Å²) in [5, 5.41) is 10.7. The van der Waals surface area contributed by atoms with Crippen LogP contribution in [0.4, 0.5) is 0 Å². The monoisotopic (exact) mass is 412 g/mol. The summed E-state index contributed by atoms with van der Waals surface area (Å²) in [5.41, 5.74) is 4.50. The molecule has 7 heteroatoms. The van der Waals surface area contributed by atoms with Crippen LogP contribution in [0.3, 0.4) is 0 Å². The highest BCUT2D eigenvalue weighted by molar-refractivity contribution is 7.13. The number of carbonyl (C=O) groups excluding carboxylic acids is 1. The van der Waals surface area contributed by atoms with Crippen LogP contribution >= 0.6 is 11.3 Å². The Morgan fingerprint density at radius 1 is 1.07 bits per heavy atom. The van der Waals surface area contributed by atoms with Gasteiger partial charge in [0.1, 0.15) is 16.4 Å². The van der Waals surface area contributed by atoms with Crippen molar-refractivity contribution in [1.82, 2.24) is 20.4 Å². The van der Waals surface area contributed by atoms with Crippen LogP contribution in [0.5, 0.6) is 0 Å². The highest BCUT2D eigenvalue weighted by atomic mass is 32.1. The van der Waals surface area contributed by atoms with Crippen LogP contribution in [-0.4, -0.2) is 21.0 Å². The maximum Gasteiger partial charge on any atom is 0.251 e. The van der Waals surface area contributed by atoms with Crippen molar-refractivity contribution in [1.29, 1.82) is 0 Å². The second-order valence-corrected chi connectivity index (χ2v) is 7.55. The molecule has 0 atom stereocenters. The second-order valence-electron chi connectivity index (χ2n) is 6.69. The van der Waals surface area contributed by atoms with E-state index in [1.165, 1.54) is 0 Å². The lowest BCUT2D eigenvalue weighted by molar-refractivity contribution is 0.0951. The van der Waals surface area contributed by atoms with Crippen molar-refractivity contribution in [3.05, 3.63) is 89.6 Å². The smallest absolute Gasteiger partial charge is 0.251 e. The van der Waals surface area contributed by atoms with E-state index in [0.29, 0.717) is 23.4 Å². The number of hydrogen-bond donors (Lipinski definition) is 1. The summed E-state index contributed by atoms with van der Waals surface area (Å²) in [5.74, 6) is -0.170. The minimum Gasteiger partial charge on any atom is -0.356 e. The first kappa shape index (κ1) is 18.2. The highest BCUT2D eigenvalue weighted by Crippen LogP contribution is 2.32. The van der Waals surface area contributed by atoms with Gasteiger partial charge in [-0.1, -0.05) is 41.6 Å². The summed E-state index contributed by atoms with van der Waals surface area (Å²) in [4.78, 5) is 21.4. The number of rotatable bonds is 5.